The number of nitrogens with one attached hydrogen (secondary N) is 1. The van der Waals surface area contributed by atoms with Crippen LogP contribution in [0.3, 0.4) is 0 Å². The van der Waals surface area contributed by atoms with E-state index >= 15 is 0 Å². The molecule has 1 aliphatic rings. The quantitative estimate of drug-likeness (QED) is 0.461. The summed E-state index contributed by atoms with van der Waals surface area (Å²) < 4.78 is 31.0. The molecule has 35 heavy (non-hydrogen) atoms. The minimum Gasteiger partial charge on any atom is -0.493 e. The van der Waals surface area contributed by atoms with Gasteiger partial charge in [-0.3, -0.25) is 4.79 Å². The number of carbonyl (C=O) groups is 1. The Morgan fingerprint density at radius 2 is 2.23 bits per heavy atom. The number of amides is 1. The van der Waals surface area contributed by atoms with Crippen molar-refractivity contribution in [2.75, 3.05) is 38.9 Å². The minimum absolute atomic E-state index is 0.0313. The van der Waals surface area contributed by atoms with E-state index in [1.54, 1.807) is 41.3 Å². The van der Waals surface area contributed by atoms with Crippen molar-refractivity contribution < 1.29 is 28.2 Å². The largest absolute Gasteiger partial charge is 0.493 e. The number of alkyl halides is 1. The van der Waals surface area contributed by atoms with E-state index in [1.807, 2.05) is 13.8 Å². The number of halogens is 2. The molecule has 3 unspecified atom stereocenters. The number of anilines is 1. The number of aliphatic hydroxyl groups is 1. The number of aliphatic hydroxyl groups excluding tert-OH is 1. The van der Waals surface area contributed by atoms with E-state index in [0.717, 1.165) is 0 Å². The molecule has 0 aliphatic carbocycles. The van der Waals surface area contributed by atoms with E-state index < -0.39 is 18.3 Å². The fourth-order valence-electron chi connectivity index (χ4n) is 4.22. The molecule has 188 valence electrons. The maximum absolute atomic E-state index is 13.8. The van der Waals surface area contributed by atoms with Gasteiger partial charge in [-0.05, 0) is 43.7 Å². The first-order valence-electron chi connectivity index (χ1n) is 11.4. The molecule has 10 heteroatoms. The van der Waals surface area contributed by atoms with E-state index in [-0.39, 0.29) is 24.6 Å². The summed E-state index contributed by atoms with van der Waals surface area (Å²) in [5, 5.41) is 12.8. The molecule has 0 bridgehead atoms. The van der Waals surface area contributed by atoms with Gasteiger partial charge >= 0.3 is 0 Å². The zero-order valence-corrected chi connectivity index (χ0v) is 20.6. The van der Waals surface area contributed by atoms with Gasteiger partial charge in [-0.2, -0.15) is 4.98 Å². The minimum atomic E-state index is -0.715. The molecular formula is C25H29ClFN3O5. The molecule has 3 atom stereocenters. The lowest BCUT2D eigenvalue weighted by atomic mass is 9.97. The molecule has 2 N–H and O–H groups in total. The molecular weight excluding hydrogens is 477 g/mol. The number of oxazole rings is 1. The van der Waals surface area contributed by atoms with E-state index in [1.165, 1.54) is 7.11 Å². The van der Waals surface area contributed by atoms with Crippen molar-refractivity contribution in [3.63, 3.8) is 0 Å². The summed E-state index contributed by atoms with van der Waals surface area (Å²) in [7, 11) is 1.48. The number of ether oxygens (including phenoxy) is 2. The molecule has 8 nitrogen and oxygen atoms in total. The van der Waals surface area contributed by atoms with Crippen LogP contribution >= 0.6 is 11.6 Å². The normalized spacial score (nSPS) is 21.2. The lowest BCUT2D eigenvalue weighted by Crippen LogP contribution is -2.56. The molecule has 1 aliphatic heterocycles. The van der Waals surface area contributed by atoms with Gasteiger partial charge in [0, 0.05) is 23.6 Å². The van der Waals surface area contributed by atoms with Crippen molar-refractivity contribution in [3.05, 3.63) is 52.5 Å². The van der Waals surface area contributed by atoms with Crippen LogP contribution < -0.4 is 10.1 Å². The van der Waals surface area contributed by atoms with Gasteiger partial charge in [-0.25, -0.2) is 4.39 Å². The Kier molecular flexibility index (Phi) is 7.49. The number of benzene rings is 2. The van der Waals surface area contributed by atoms with Crippen LogP contribution in [0.25, 0.3) is 11.1 Å². The molecule has 2 aromatic carbocycles. The van der Waals surface area contributed by atoms with Gasteiger partial charge in [-0.1, -0.05) is 23.7 Å². The fourth-order valence-corrected chi connectivity index (χ4v) is 4.42. The Morgan fingerprint density at radius 1 is 1.43 bits per heavy atom. The molecule has 1 fully saturated rings. The molecule has 1 saturated heterocycles. The highest BCUT2D eigenvalue weighted by Crippen LogP contribution is 2.33. The van der Waals surface area contributed by atoms with Gasteiger partial charge in [0.15, 0.2) is 11.3 Å². The van der Waals surface area contributed by atoms with Crippen molar-refractivity contribution in [1.29, 1.82) is 0 Å². The summed E-state index contributed by atoms with van der Waals surface area (Å²) in [5.74, 6) is 0.133. The molecule has 0 saturated carbocycles. The first kappa shape index (κ1) is 25.2. The average Bonchev–Trinajstić information content (AvgIpc) is 3.26. The number of carbonyl (C=O) groups excluding carboxylic acids is 1. The number of aromatic nitrogens is 1. The zero-order valence-electron chi connectivity index (χ0n) is 19.9. The second kappa shape index (κ2) is 10.4. The summed E-state index contributed by atoms with van der Waals surface area (Å²) in [6.07, 6.45) is 0.423. The third-order valence-electron chi connectivity index (χ3n) is 6.24. The van der Waals surface area contributed by atoms with Crippen molar-refractivity contribution in [3.8, 4) is 5.75 Å². The maximum atomic E-state index is 13.8. The number of rotatable bonds is 8. The lowest BCUT2D eigenvalue weighted by molar-refractivity contribution is -0.117. The first-order valence-corrected chi connectivity index (χ1v) is 11.8. The topological polar surface area (TPSA) is 97.1 Å². The number of fused-ring (bicyclic) bond motifs is 1. The van der Waals surface area contributed by atoms with Crippen LogP contribution in [-0.4, -0.2) is 66.1 Å². The van der Waals surface area contributed by atoms with Crippen LogP contribution in [0, 0.1) is 0 Å². The SMILES string of the molecule is COc1cc(C(=O)N2CC(C)(CCO)OCC2C)cc2nc(NC(CF)c3cccc(Cl)c3)oc12. The number of hydrogen-bond donors (Lipinski definition) is 2. The summed E-state index contributed by atoms with van der Waals surface area (Å²) in [6.45, 7) is 3.77. The van der Waals surface area contributed by atoms with E-state index in [2.05, 4.69) is 10.3 Å². The van der Waals surface area contributed by atoms with E-state index in [9.17, 15) is 14.3 Å². The first-order chi connectivity index (χ1) is 16.8. The van der Waals surface area contributed by atoms with Crippen molar-refractivity contribution in [1.82, 2.24) is 9.88 Å². The van der Waals surface area contributed by atoms with Gasteiger partial charge in [0.05, 0.1) is 37.9 Å². The lowest BCUT2D eigenvalue weighted by Gasteiger charge is -2.44. The average molecular weight is 506 g/mol. The van der Waals surface area contributed by atoms with Crippen LogP contribution in [-0.2, 0) is 4.74 Å². The van der Waals surface area contributed by atoms with Gasteiger partial charge in [0.2, 0.25) is 0 Å². The van der Waals surface area contributed by atoms with Crippen LogP contribution in [0.15, 0.2) is 40.8 Å². The Hall–Kier alpha value is -2.88. The Bertz CT molecular complexity index is 1210. The smallest absolute Gasteiger partial charge is 0.296 e. The van der Waals surface area contributed by atoms with Crippen LogP contribution in [0.2, 0.25) is 5.02 Å². The zero-order chi connectivity index (χ0) is 25.2. The van der Waals surface area contributed by atoms with Crippen molar-refractivity contribution in [2.24, 2.45) is 0 Å². The highest BCUT2D eigenvalue weighted by atomic mass is 35.5. The summed E-state index contributed by atoms with van der Waals surface area (Å²) in [5.41, 5.74) is 1.15. The second-order valence-corrected chi connectivity index (χ2v) is 9.41. The Labute approximate surface area is 208 Å². The van der Waals surface area contributed by atoms with E-state index in [0.29, 0.717) is 52.6 Å². The highest BCUT2D eigenvalue weighted by molar-refractivity contribution is 6.30. The summed E-state index contributed by atoms with van der Waals surface area (Å²) in [4.78, 5) is 19.6. The number of hydrogen-bond acceptors (Lipinski definition) is 7. The second-order valence-electron chi connectivity index (χ2n) is 8.97. The van der Waals surface area contributed by atoms with Crippen molar-refractivity contribution in [2.45, 2.75) is 38.0 Å². The summed E-state index contributed by atoms with van der Waals surface area (Å²) >= 11 is 6.05. The predicted molar refractivity (Wildman–Crippen MR) is 131 cm³/mol. The Balaban J connectivity index is 1.63. The monoisotopic (exact) mass is 505 g/mol. The molecule has 3 aromatic rings. The third-order valence-corrected chi connectivity index (χ3v) is 6.47. The van der Waals surface area contributed by atoms with Crippen molar-refractivity contribution >= 4 is 34.6 Å². The van der Waals surface area contributed by atoms with Gasteiger partial charge in [0.25, 0.3) is 11.9 Å². The molecule has 4 rings (SSSR count). The molecule has 0 spiro atoms. The van der Waals surface area contributed by atoms with Crippen LogP contribution in [0.1, 0.15) is 42.2 Å². The molecule has 1 amide bonds. The Morgan fingerprint density at radius 3 is 2.91 bits per heavy atom. The molecule has 0 radical (unpaired) electrons. The highest BCUT2D eigenvalue weighted by Gasteiger charge is 2.38. The van der Waals surface area contributed by atoms with Gasteiger partial charge in [0.1, 0.15) is 12.2 Å². The number of nitrogens with zero attached hydrogens (tertiary/aromatic N) is 2. The van der Waals surface area contributed by atoms with Crippen LogP contribution in [0.5, 0.6) is 5.75 Å². The number of morpholine rings is 1. The fraction of sp³-hybridized carbons (Fsp3) is 0.440. The predicted octanol–water partition coefficient (Wildman–Crippen LogP) is 4.61. The standard InChI is InChI=1S/C25H29ClFN3O5/c1-15-13-34-25(2,7-8-31)14-30(15)23(32)17-10-19-22(21(11-17)33-3)35-24(28-19)29-20(12-27)16-5-4-6-18(26)9-16/h4-6,9-11,15,20,31H,7-8,12-14H2,1-3H3,(H,28,29). The van der Waals surface area contributed by atoms with Crippen LogP contribution in [0.4, 0.5) is 10.4 Å². The van der Waals surface area contributed by atoms with E-state index in [4.69, 9.17) is 25.5 Å². The third kappa shape index (κ3) is 5.37. The molecule has 2 heterocycles. The molecule has 1 aromatic heterocycles. The number of methoxy groups -OCH3 is 1. The maximum Gasteiger partial charge on any atom is 0.296 e. The van der Waals surface area contributed by atoms with Gasteiger partial charge in [-0.15, -0.1) is 0 Å². The summed E-state index contributed by atoms with van der Waals surface area (Å²) in [6, 6.07) is 9.36. The van der Waals surface area contributed by atoms with Gasteiger partial charge < -0.3 is 29.2 Å².